The van der Waals surface area contributed by atoms with E-state index < -0.39 is 0 Å². The van der Waals surface area contributed by atoms with Crippen molar-refractivity contribution in [2.24, 2.45) is 0 Å². The van der Waals surface area contributed by atoms with Crippen LogP contribution < -0.4 is 0 Å². The summed E-state index contributed by atoms with van der Waals surface area (Å²) in [4.78, 5) is 38.6. The van der Waals surface area contributed by atoms with Crippen LogP contribution in [0, 0.1) is 0 Å². The lowest BCUT2D eigenvalue weighted by molar-refractivity contribution is -0.134. The predicted molar refractivity (Wildman–Crippen MR) is 138 cm³/mol. The van der Waals surface area contributed by atoms with Crippen LogP contribution in [0.4, 0.5) is 0 Å². The van der Waals surface area contributed by atoms with Gasteiger partial charge in [0, 0.05) is 68.8 Å². The summed E-state index contributed by atoms with van der Waals surface area (Å²) in [5.74, 6) is -0.606. The Morgan fingerprint density at radius 2 is 1.11 bits per heavy atom. The minimum Gasteiger partial charge on any atom is -0.361 e. The molecular formula is C29H20N4O2. The van der Waals surface area contributed by atoms with E-state index in [0.717, 1.165) is 55.1 Å². The molecule has 6 nitrogen and oxygen atoms in total. The predicted octanol–water partition coefficient (Wildman–Crippen LogP) is 5.71. The van der Waals surface area contributed by atoms with Crippen molar-refractivity contribution in [3.63, 3.8) is 0 Å². The molecule has 4 heterocycles. The first-order valence-corrected chi connectivity index (χ1v) is 11.4. The molecule has 0 fully saturated rings. The number of carbonyl (C=O) groups excluding carboxylic acids is 2. The first-order chi connectivity index (χ1) is 17.1. The molecule has 6 aromatic rings. The average molecular weight is 457 g/mol. The van der Waals surface area contributed by atoms with E-state index >= 15 is 0 Å². The molecule has 0 radical (unpaired) electrons. The summed E-state index contributed by atoms with van der Waals surface area (Å²) in [6, 6.07) is 23.8. The molecule has 0 saturated carbocycles. The summed E-state index contributed by atoms with van der Waals surface area (Å²) in [7, 11) is 1.55. The molecule has 2 amide bonds. The summed E-state index contributed by atoms with van der Waals surface area (Å²) in [5, 5.41) is 2.85. The maximum Gasteiger partial charge on any atom is 0.262 e. The number of nitrogens with zero attached hydrogens (tertiary/aromatic N) is 1. The molecule has 0 atom stereocenters. The standard InChI is InChI=1S/C29H20N4O2/c1-33-28(34)25(19-14-30-21-11-5-2-8-16(19)21)26(29(33)35)24-18-10-4-7-13-23(18)32-27(24)20-15-31-22-12-6-3-9-17(20)22/h2-15,30-32H,1H3. The highest BCUT2D eigenvalue weighted by atomic mass is 16.2. The Morgan fingerprint density at radius 1 is 0.600 bits per heavy atom. The lowest BCUT2D eigenvalue weighted by Crippen LogP contribution is -2.26. The number of fused-ring (bicyclic) bond motifs is 3. The number of aromatic amines is 3. The topological polar surface area (TPSA) is 84.8 Å². The Hall–Kier alpha value is -4.84. The van der Waals surface area contributed by atoms with Crippen LogP contribution in [0.25, 0.3) is 55.1 Å². The van der Waals surface area contributed by atoms with Crippen LogP contribution in [-0.2, 0) is 9.59 Å². The van der Waals surface area contributed by atoms with E-state index in [4.69, 9.17) is 0 Å². The summed E-state index contributed by atoms with van der Waals surface area (Å²) in [6.45, 7) is 0. The van der Waals surface area contributed by atoms with E-state index in [1.54, 1.807) is 7.05 Å². The van der Waals surface area contributed by atoms with Gasteiger partial charge in [-0.1, -0.05) is 54.6 Å². The van der Waals surface area contributed by atoms with Crippen LogP contribution >= 0.6 is 0 Å². The molecule has 0 spiro atoms. The molecule has 7 rings (SSSR count). The van der Waals surface area contributed by atoms with Gasteiger partial charge in [0.2, 0.25) is 0 Å². The monoisotopic (exact) mass is 456 g/mol. The molecule has 0 saturated heterocycles. The number of H-pyrrole nitrogens is 3. The van der Waals surface area contributed by atoms with Crippen molar-refractivity contribution in [1.82, 2.24) is 19.9 Å². The van der Waals surface area contributed by atoms with Gasteiger partial charge >= 0.3 is 0 Å². The van der Waals surface area contributed by atoms with E-state index in [1.807, 2.05) is 79.1 Å². The third kappa shape index (κ3) is 2.65. The SMILES string of the molecule is CN1C(=O)C(c2c[nH]c3ccccc23)=C(c2c(-c3c[nH]c4ccccc34)[nH]c3ccccc23)C1=O. The van der Waals surface area contributed by atoms with Crippen molar-refractivity contribution in [1.29, 1.82) is 0 Å². The fourth-order valence-corrected chi connectivity index (χ4v) is 5.28. The molecular weight excluding hydrogens is 436 g/mol. The zero-order valence-corrected chi connectivity index (χ0v) is 18.8. The van der Waals surface area contributed by atoms with Gasteiger partial charge in [0.15, 0.2) is 0 Å². The van der Waals surface area contributed by atoms with Gasteiger partial charge in [0.05, 0.1) is 16.8 Å². The number of aromatic nitrogens is 3. The van der Waals surface area contributed by atoms with Crippen LogP contribution in [0.1, 0.15) is 11.1 Å². The van der Waals surface area contributed by atoms with Gasteiger partial charge < -0.3 is 15.0 Å². The van der Waals surface area contributed by atoms with E-state index in [9.17, 15) is 9.59 Å². The third-order valence-electron chi connectivity index (χ3n) is 6.96. The Kier molecular flexibility index (Phi) is 3.97. The van der Waals surface area contributed by atoms with Gasteiger partial charge in [0.25, 0.3) is 11.8 Å². The molecule has 3 aromatic carbocycles. The van der Waals surface area contributed by atoms with Crippen molar-refractivity contribution in [3.8, 4) is 11.3 Å². The normalized spacial score (nSPS) is 14.4. The summed E-state index contributed by atoms with van der Waals surface area (Å²) in [5.41, 5.74) is 6.90. The largest absolute Gasteiger partial charge is 0.361 e. The number of carbonyl (C=O) groups is 2. The number of likely N-dealkylation sites (N-methyl/N-ethyl adjacent to an activating group) is 1. The van der Waals surface area contributed by atoms with Crippen molar-refractivity contribution in [2.45, 2.75) is 0 Å². The van der Waals surface area contributed by atoms with Crippen LogP contribution in [0.2, 0.25) is 0 Å². The Labute approximate surface area is 199 Å². The summed E-state index contributed by atoms with van der Waals surface area (Å²) in [6.07, 6.45) is 3.78. The van der Waals surface area contributed by atoms with Gasteiger partial charge in [-0.05, 0) is 18.2 Å². The van der Waals surface area contributed by atoms with Gasteiger partial charge in [-0.3, -0.25) is 14.5 Å². The maximum absolute atomic E-state index is 13.7. The second kappa shape index (κ2) is 7.08. The number of hydrogen-bond donors (Lipinski definition) is 3. The van der Waals surface area contributed by atoms with Crippen molar-refractivity contribution in [3.05, 3.63) is 96.3 Å². The minimum absolute atomic E-state index is 0.301. The summed E-state index contributed by atoms with van der Waals surface area (Å²) < 4.78 is 0. The number of benzene rings is 3. The molecule has 0 bridgehead atoms. The molecule has 3 aromatic heterocycles. The number of imide groups is 1. The van der Waals surface area contributed by atoms with E-state index in [0.29, 0.717) is 11.1 Å². The quantitative estimate of drug-likeness (QED) is 0.298. The van der Waals surface area contributed by atoms with Crippen molar-refractivity contribution in [2.75, 3.05) is 7.05 Å². The zero-order chi connectivity index (χ0) is 23.7. The highest BCUT2D eigenvalue weighted by molar-refractivity contribution is 6.51. The Bertz CT molecular complexity index is 1860. The van der Waals surface area contributed by atoms with E-state index in [1.165, 1.54) is 4.90 Å². The maximum atomic E-state index is 13.7. The molecule has 1 aliphatic heterocycles. The fraction of sp³-hybridized carbons (Fsp3) is 0.0345. The fourth-order valence-electron chi connectivity index (χ4n) is 5.28. The minimum atomic E-state index is -0.305. The van der Waals surface area contributed by atoms with Crippen molar-refractivity contribution < 1.29 is 9.59 Å². The molecule has 168 valence electrons. The molecule has 3 N–H and O–H groups in total. The molecule has 1 aliphatic rings. The van der Waals surface area contributed by atoms with Crippen LogP contribution in [0.3, 0.4) is 0 Å². The van der Waals surface area contributed by atoms with Gasteiger partial charge in [0.1, 0.15) is 0 Å². The highest BCUT2D eigenvalue weighted by Crippen LogP contribution is 2.45. The van der Waals surface area contributed by atoms with Crippen LogP contribution in [0.5, 0.6) is 0 Å². The van der Waals surface area contributed by atoms with Crippen molar-refractivity contribution >= 4 is 55.7 Å². The number of para-hydroxylation sites is 3. The highest BCUT2D eigenvalue weighted by Gasteiger charge is 2.40. The lowest BCUT2D eigenvalue weighted by Gasteiger charge is -2.08. The second-order valence-electron chi connectivity index (χ2n) is 8.84. The van der Waals surface area contributed by atoms with Gasteiger partial charge in [-0.25, -0.2) is 0 Å². The van der Waals surface area contributed by atoms with E-state index in [2.05, 4.69) is 21.0 Å². The van der Waals surface area contributed by atoms with Gasteiger partial charge in [-0.15, -0.1) is 0 Å². The summed E-state index contributed by atoms with van der Waals surface area (Å²) >= 11 is 0. The first-order valence-electron chi connectivity index (χ1n) is 11.4. The van der Waals surface area contributed by atoms with Crippen LogP contribution in [-0.4, -0.2) is 38.7 Å². The van der Waals surface area contributed by atoms with Gasteiger partial charge in [-0.2, -0.15) is 0 Å². The average Bonchev–Trinajstić information content (AvgIpc) is 3.64. The number of amides is 2. The van der Waals surface area contributed by atoms with Crippen LogP contribution in [0.15, 0.2) is 85.2 Å². The number of hydrogen-bond acceptors (Lipinski definition) is 2. The number of nitrogens with one attached hydrogen (secondary N) is 3. The molecule has 0 aliphatic carbocycles. The number of rotatable bonds is 3. The lowest BCUT2D eigenvalue weighted by atomic mass is 9.92. The Morgan fingerprint density at radius 3 is 1.80 bits per heavy atom. The first kappa shape index (κ1) is 19.6. The Balaban J connectivity index is 1.62. The smallest absolute Gasteiger partial charge is 0.262 e. The van der Waals surface area contributed by atoms with E-state index in [-0.39, 0.29) is 11.8 Å². The molecule has 0 unspecified atom stereocenters. The molecule has 35 heavy (non-hydrogen) atoms. The molecule has 6 heteroatoms. The zero-order valence-electron chi connectivity index (χ0n) is 18.8. The second-order valence-corrected chi connectivity index (χ2v) is 8.84. The third-order valence-corrected chi connectivity index (χ3v) is 6.96.